The molecule has 0 fully saturated rings. The number of thioether (sulfide) groups is 1. The molecular formula is C22H25N3O3S2. The lowest BCUT2D eigenvalue weighted by atomic mass is 10.1. The Morgan fingerprint density at radius 2 is 2.17 bits per heavy atom. The van der Waals surface area contributed by atoms with Crippen molar-refractivity contribution < 1.29 is 9.53 Å². The Morgan fingerprint density at radius 1 is 1.33 bits per heavy atom. The molecule has 158 valence electrons. The highest BCUT2D eigenvalue weighted by Crippen LogP contribution is 2.35. The van der Waals surface area contributed by atoms with Crippen molar-refractivity contribution in [2.75, 3.05) is 24.8 Å². The second-order valence-electron chi connectivity index (χ2n) is 7.54. The molecule has 2 aromatic heterocycles. The van der Waals surface area contributed by atoms with Crippen LogP contribution in [0.3, 0.4) is 0 Å². The molecule has 30 heavy (non-hydrogen) atoms. The molecule has 0 unspecified atom stereocenters. The number of carbonyl (C=O) groups is 1. The van der Waals surface area contributed by atoms with E-state index in [0.29, 0.717) is 18.3 Å². The first-order valence-electron chi connectivity index (χ1n) is 10.0. The highest BCUT2D eigenvalue weighted by molar-refractivity contribution is 7.99. The number of benzene rings is 1. The van der Waals surface area contributed by atoms with Crippen LogP contribution in [-0.4, -0.2) is 34.9 Å². The maximum absolute atomic E-state index is 13.3. The van der Waals surface area contributed by atoms with E-state index in [1.54, 1.807) is 23.0 Å². The van der Waals surface area contributed by atoms with Gasteiger partial charge in [-0.05, 0) is 55.9 Å². The van der Waals surface area contributed by atoms with E-state index in [0.717, 1.165) is 46.3 Å². The molecular weight excluding hydrogens is 418 g/mol. The van der Waals surface area contributed by atoms with Crippen molar-refractivity contribution in [2.24, 2.45) is 0 Å². The Bertz CT molecular complexity index is 1170. The maximum Gasteiger partial charge on any atom is 0.263 e. The zero-order valence-corrected chi connectivity index (χ0v) is 19.0. The molecule has 0 bridgehead atoms. The fourth-order valence-electron chi connectivity index (χ4n) is 3.74. The lowest BCUT2D eigenvalue weighted by molar-refractivity contribution is -0.113. The van der Waals surface area contributed by atoms with E-state index in [1.807, 2.05) is 32.0 Å². The van der Waals surface area contributed by atoms with Gasteiger partial charge in [-0.2, -0.15) is 0 Å². The van der Waals surface area contributed by atoms with Crippen molar-refractivity contribution in [3.63, 3.8) is 0 Å². The van der Waals surface area contributed by atoms with Crippen LogP contribution < -0.4 is 10.9 Å². The van der Waals surface area contributed by atoms with Gasteiger partial charge in [0.25, 0.3) is 5.56 Å². The normalized spacial score (nSPS) is 13.0. The molecule has 2 heterocycles. The number of aryl methyl sites for hydroxylation is 4. The van der Waals surface area contributed by atoms with Crippen LogP contribution in [0.1, 0.15) is 28.0 Å². The number of hydrogen-bond donors (Lipinski definition) is 1. The Balaban J connectivity index is 1.59. The number of aromatic nitrogens is 2. The summed E-state index contributed by atoms with van der Waals surface area (Å²) >= 11 is 2.91. The molecule has 0 saturated carbocycles. The Hall–Kier alpha value is -2.16. The van der Waals surface area contributed by atoms with Gasteiger partial charge < -0.3 is 10.1 Å². The lowest BCUT2D eigenvalue weighted by Crippen LogP contribution is -2.26. The Kier molecular flexibility index (Phi) is 6.26. The SMILES string of the molecule is COCCn1c(SCC(=O)Nc2cc(C)ccc2C)nc2sc3c(c2c1=O)CCC3. The van der Waals surface area contributed by atoms with Gasteiger partial charge in [0.2, 0.25) is 5.91 Å². The first kappa shape index (κ1) is 21.1. The van der Waals surface area contributed by atoms with Crippen molar-refractivity contribution in [2.45, 2.75) is 44.8 Å². The molecule has 1 amide bonds. The van der Waals surface area contributed by atoms with Crippen molar-refractivity contribution >= 4 is 44.9 Å². The molecule has 0 saturated heterocycles. The van der Waals surface area contributed by atoms with Crippen molar-refractivity contribution in [1.82, 2.24) is 9.55 Å². The number of nitrogens with one attached hydrogen (secondary N) is 1. The third kappa shape index (κ3) is 4.17. The summed E-state index contributed by atoms with van der Waals surface area (Å²) in [4.78, 5) is 32.7. The van der Waals surface area contributed by atoms with Crippen molar-refractivity contribution in [3.05, 3.63) is 50.1 Å². The van der Waals surface area contributed by atoms with E-state index in [-0.39, 0.29) is 17.2 Å². The molecule has 1 aromatic carbocycles. The first-order chi connectivity index (χ1) is 14.5. The zero-order chi connectivity index (χ0) is 21.3. The highest BCUT2D eigenvalue weighted by Gasteiger charge is 2.23. The van der Waals surface area contributed by atoms with E-state index in [2.05, 4.69) is 5.32 Å². The number of rotatable bonds is 7. The molecule has 1 aliphatic carbocycles. The van der Waals surface area contributed by atoms with Gasteiger partial charge in [-0.25, -0.2) is 4.98 Å². The van der Waals surface area contributed by atoms with Crippen LogP contribution in [0.5, 0.6) is 0 Å². The molecule has 8 heteroatoms. The standard InChI is InChI=1S/C22H25N3O3S2/c1-13-7-8-14(2)16(11-13)23-18(26)12-29-22-24-20-19(15-5-4-6-17(15)30-20)21(27)25(22)9-10-28-3/h7-8,11H,4-6,9-10,12H2,1-3H3,(H,23,26). The van der Waals surface area contributed by atoms with Crippen LogP contribution in [0.25, 0.3) is 10.2 Å². The molecule has 0 aliphatic heterocycles. The van der Waals surface area contributed by atoms with Gasteiger partial charge >= 0.3 is 0 Å². The maximum atomic E-state index is 13.3. The van der Waals surface area contributed by atoms with Crippen molar-refractivity contribution in [1.29, 1.82) is 0 Å². The van der Waals surface area contributed by atoms with Crippen LogP contribution in [0.4, 0.5) is 5.69 Å². The van der Waals surface area contributed by atoms with E-state index in [9.17, 15) is 9.59 Å². The van der Waals surface area contributed by atoms with E-state index in [1.165, 1.54) is 22.2 Å². The summed E-state index contributed by atoms with van der Waals surface area (Å²) < 4.78 is 6.86. The third-order valence-electron chi connectivity index (χ3n) is 5.31. The topological polar surface area (TPSA) is 73.2 Å². The Morgan fingerprint density at radius 3 is 2.97 bits per heavy atom. The van der Waals surface area contributed by atoms with Crippen LogP contribution in [0.15, 0.2) is 28.2 Å². The van der Waals surface area contributed by atoms with Gasteiger partial charge in [-0.3, -0.25) is 14.2 Å². The number of fused-ring (bicyclic) bond motifs is 3. The average molecular weight is 444 g/mol. The zero-order valence-electron chi connectivity index (χ0n) is 17.4. The van der Waals surface area contributed by atoms with Gasteiger partial charge in [-0.1, -0.05) is 23.9 Å². The van der Waals surface area contributed by atoms with Crippen LogP contribution in [0, 0.1) is 13.8 Å². The predicted octanol–water partition coefficient (Wildman–Crippen LogP) is 3.94. The number of hydrogen-bond acceptors (Lipinski definition) is 6. The van der Waals surface area contributed by atoms with E-state index < -0.39 is 0 Å². The van der Waals surface area contributed by atoms with Crippen molar-refractivity contribution in [3.8, 4) is 0 Å². The summed E-state index contributed by atoms with van der Waals surface area (Å²) in [6, 6.07) is 5.97. The van der Waals surface area contributed by atoms with Crippen LogP contribution in [0.2, 0.25) is 0 Å². The highest BCUT2D eigenvalue weighted by atomic mass is 32.2. The second kappa shape index (κ2) is 8.91. The average Bonchev–Trinajstić information content (AvgIpc) is 3.29. The quantitative estimate of drug-likeness (QED) is 0.442. The second-order valence-corrected chi connectivity index (χ2v) is 9.56. The third-order valence-corrected chi connectivity index (χ3v) is 7.47. The number of carbonyl (C=O) groups excluding carboxylic acids is 1. The first-order valence-corrected chi connectivity index (χ1v) is 11.8. The summed E-state index contributed by atoms with van der Waals surface area (Å²) in [5, 5.41) is 4.30. The minimum absolute atomic E-state index is 0.0195. The van der Waals surface area contributed by atoms with Crippen LogP contribution in [-0.2, 0) is 28.9 Å². The smallest absolute Gasteiger partial charge is 0.263 e. The van der Waals surface area contributed by atoms with Gasteiger partial charge in [0.05, 0.1) is 24.3 Å². The summed E-state index contributed by atoms with van der Waals surface area (Å²) in [5.41, 5.74) is 4.07. The summed E-state index contributed by atoms with van der Waals surface area (Å²) in [5.74, 6) is 0.0682. The summed E-state index contributed by atoms with van der Waals surface area (Å²) in [6.45, 7) is 4.80. The molecule has 3 aromatic rings. The molecule has 1 N–H and O–H groups in total. The summed E-state index contributed by atoms with van der Waals surface area (Å²) in [6.07, 6.45) is 3.07. The van der Waals surface area contributed by atoms with Gasteiger partial charge in [0.1, 0.15) is 4.83 Å². The minimum Gasteiger partial charge on any atom is -0.383 e. The monoisotopic (exact) mass is 443 g/mol. The predicted molar refractivity (Wildman–Crippen MR) is 123 cm³/mol. The number of methoxy groups -OCH3 is 1. The summed E-state index contributed by atoms with van der Waals surface area (Å²) in [7, 11) is 1.61. The van der Waals surface area contributed by atoms with Crippen LogP contribution >= 0.6 is 23.1 Å². The molecule has 0 spiro atoms. The number of amides is 1. The van der Waals surface area contributed by atoms with Gasteiger partial charge in [0.15, 0.2) is 5.16 Å². The van der Waals surface area contributed by atoms with E-state index in [4.69, 9.17) is 9.72 Å². The molecule has 4 rings (SSSR count). The van der Waals surface area contributed by atoms with E-state index >= 15 is 0 Å². The molecule has 0 atom stereocenters. The number of anilines is 1. The fraction of sp³-hybridized carbons (Fsp3) is 0.409. The van der Waals surface area contributed by atoms with Gasteiger partial charge in [-0.15, -0.1) is 11.3 Å². The lowest BCUT2D eigenvalue weighted by Gasteiger charge is -2.13. The number of ether oxygens (including phenoxy) is 1. The fourth-order valence-corrected chi connectivity index (χ4v) is 5.86. The minimum atomic E-state index is -0.116. The number of thiophene rings is 1. The molecule has 0 radical (unpaired) electrons. The largest absolute Gasteiger partial charge is 0.383 e. The number of nitrogens with zero attached hydrogens (tertiary/aromatic N) is 2. The Labute approximate surface area is 183 Å². The molecule has 1 aliphatic rings. The molecule has 6 nitrogen and oxygen atoms in total. The van der Waals surface area contributed by atoms with Gasteiger partial charge in [0, 0.05) is 17.7 Å².